The van der Waals surface area contributed by atoms with Crippen LogP contribution in [0.3, 0.4) is 0 Å². The fourth-order valence-corrected chi connectivity index (χ4v) is 17.5. The van der Waals surface area contributed by atoms with Gasteiger partial charge in [0.25, 0.3) is 0 Å². The maximum Gasteiger partial charge on any atom is 0.143 e. The number of fused-ring (bicyclic) bond motifs is 19. The lowest BCUT2D eigenvalue weighted by Gasteiger charge is -2.41. The second kappa shape index (κ2) is 21.4. The van der Waals surface area contributed by atoms with Gasteiger partial charge in [0.15, 0.2) is 0 Å². The van der Waals surface area contributed by atoms with Gasteiger partial charge in [0.1, 0.15) is 22.3 Å². The van der Waals surface area contributed by atoms with Crippen molar-refractivity contribution in [2.75, 3.05) is 9.80 Å². The van der Waals surface area contributed by atoms with Gasteiger partial charge >= 0.3 is 0 Å². The van der Waals surface area contributed by atoms with Gasteiger partial charge in [0, 0.05) is 86.7 Å². The van der Waals surface area contributed by atoms with Gasteiger partial charge in [-0.3, -0.25) is 0 Å². The largest absolute Gasteiger partial charge is 0.456 e. The molecule has 3 aromatic heterocycles. The van der Waals surface area contributed by atoms with Gasteiger partial charge in [-0.1, -0.05) is 224 Å². The summed E-state index contributed by atoms with van der Waals surface area (Å²) in [6.45, 7) is 0. The Morgan fingerprint density at radius 2 is 0.927 bits per heavy atom. The number of anilines is 6. The van der Waals surface area contributed by atoms with Gasteiger partial charge < -0.3 is 18.6 Å². The Balaban J connectivity index is 0.829. The summed E-state index contributed by atoms with van der Waals surface area (Å²) in [5.74, 6) is 0. The molecule has 4 nitrogen and oxygen atoms in total. The molecule has 15 aromatic carbocycles. The van der Waals surface area contributed by atoms with Crippen LogP contribution < -0.4 is 9.80 Å². The molecule has 0 bridgehead atoms. The average molecular weight is 1260 g/mol. The zero-order chi connectivity index (χ0) is 63.2. The summed E-state index contributed by atoms with van der Waals surface area (Å²) in [6, 6.07) is 118. The molecule has 0 saturated carbocycles. The third kappa shape index (κ3) is 8.34. The minimum atomic E-state index is -0.759. The van der Waals surface area contributed by atoms with Crippen molar-refractivity contribution < 1.29 is 8.83 Å². The number of halogens is 1. The van der Waals surface area contributed by atoms with Crippen molar-refractivity contribution in [1.82, 2.24) is 0 Å². The molecule has 0 N–H and O–H groups in total. The highest BCUT2D eigenvalue weighted by Gasteiger charge is 2.51. The number of rotatable bonds is 9. The van der Waals surface area contributed by atoms with E-state index < -0.39 is 5.41 Å². The first-order valence-electron chi connectivity index (χ1n) is 32.7. The molecule has 0 radical (unpaired) electrons. The molecule has 6 heteroatoms. The van der Waals surface area contributed by atoms with Crippen molar-refractivity contribution in [2.24, 2.45) is 0 Å². The number of furan rings is 2. The van der Waals surface area contributed by atoms with Crippen LogP contribution in [0.25, 0.3) is 119 Å². The van der Waals surface area contributed by atoms with E-state index in [-0.39, 0.29) is 0 Å². The summed E-state index contributed by atoms with van der Waals surface area (Å²) >= 11 is 9.08. The van der Waals surface area contributed by atoms with E-state index in [4.69, 9.17) is 20.4 Å². The maximum absolute atomic E-state index is 7.24. The van der Waals surface area contributed by atoms with E-state index in [2.05, 4.69) is 331 Å². The van der Waals surface area contributed by atoms with Crippen molar-refractivity contribution in [1.29, 1.82) is 0 Å². The van der Waals surface area contributed by atoms with Crippen LogP contribution in [0.4, 0.5) is 34.1 Å². The molecule has 2 aliphatic rings. The lowest BCUT2D eigenvalue weighted by atomic mass is 9.61. The Labute approximate surface area is 563 Å². The van der Waals surface area contributed by atoms with E-state index in [1.807, 2.05) is 11.3 Å². The Morgan fingerprint density at radius 3 is 1.77 bits per heavy atom. The summed E-state index contributed by atoms with van der Waals surface area (Å²) in [5.41, 5.74) is 25.2. The van der Waals surface area contributed by atoms with Gasteiger partial charge in [-0.05, 0) is 187 Å². The molecular formula is C90H55ClN2O2S. The van der Waals surface area contributed by atoms with Crippen molar-refractivity contribution in [2.45, 2.75) is 11.8 Å². The molecule has 1 atom stereocenters. The molecule has 18 aromatic rings. The minimum absolute atomic E-state index is 0.674. The van der Waals surface area contributed by atoms with Gasteiger partial charge in [0.2, 0.25) is 0 Å². The number of hydrogen-bond acceptors (Lipinski definition) is 5. The van der Waals surface area contributed by atoms with Crippen molar-refractivity contribution in [3.05, 3.63) is 360 Å². The fourth-order valence-electron chi connectivity index (χ4n) is 16.2. The summed E-state index contributed by atoms with van der Waals surface area (Å²) in [6.07, 6.45) is 0.674. The van der Waals surface area contributed by atoms with Crippen molar-refractivity contribution in [3.8, 4) is 44.5 Å². The summed E-state index contributed by atoms with van der Waals surface area (Å²) in [4.78, 5) is 4.95. The highest BCUT2D eigenvalue weighted by atomic mass is 35.5. The number of para-hydroxylation sites is 2. The zero-order valence-electron chi connectivity index (χ0n) is 51.8. The zero-order valence-corrected chi connectivity index (χ0v) is 53.4. The normalized spacial score (nSPS) is 13.9. The van der Waals surface area contributed by atoms with Crippen LogP contribution in [0.15, 0.2) is 330 Å². The summed E-state index contributed by atoms with van der Waals surface area (Å²) in [5, 5.41) is 9.86. The Morgan fingerprint density at radius 1 is 0.323 bits per heavy atom. The molecule has 0 amide bonds. The lowest BCUT2D eigenvalue weighted by Crippen LogP contribution is -2.34. The fraction of sp³-hybridized carbons (Fsp3) is 0.0222. The second-order valence-corrected chi connectivity index (χ2v) is 27.1. The first kappa shape index (κ1) is 54.8. The molecule has 0 aliphatic heterocycles. The quantitative estimate of drug-likeness (QED) is 0.144. The van der Waals surface area contributed by atoms with Crippen LogP contribution >= 0.6 is 22.9 Å². The Bertz CT molecular complexity index is 6220. The number of nitrogens with zero attached hydrogens (tertiary/aromatic N) is 2. The Hall–Kier alpha value is -11.7. The highest BCUT2D eigenvalue weighted by molar-refractivity contribution is 7.25. The van der Waals surface area contributed by atoms with Crippen LogP contribution in [0, 0.1) is 0 Å². The van der Waals surface area contributed by atoms with Crippen LogP contribution in [0.1, 0.15) is 33.4 Å². The predicted molar refractivity (Wildman–Crippen MR) is 402 cm³/mol. The average Bonchev–Trinajstić information content (AvgIpc) is 1.47. The highest BCUT2D eigenvalue weighted by Crippen LogP contribution is 2.63. The van der Waals surface area contributed by atoms with E-state index in [0.717, 1.165) is 106 Å². The summed E-state index contributed by atoms with van der Waals surface area (Å²) < 4.78 is 16.4. The van der Waals surface area contributed by atoms with Gasteiger partial charge in [-0.25, -0.2) is 0 Å². The number of thiophene rings is 1. The van der Waals surface area contributed by atoms with E-state index in [0.29, 0.717) is 11.4 Å². The third-order valence-electron chi connectivity index (χ3n) is 20.3. The topological polar surface area (TPSA) is 32.8 Å². The molecule has 1 unspecified atom stereocenters. The summed E-state index contributed by atoms with van der Waals surface area (Å²) in [7, 11) is 0. The molecular weight excluding hydrogens is 1210 g/mol. The minimum Gasteiger partial charge on any atom is -0.456 e. The Kier molecular flexibility index (Phi) is 12.2. The van der Waals surface area contributed by atoms with Gasteiger partial charge in [-0.15, -0.1) is 11.3 Å². The van der Waals surface area contributed by atoms with E-state index in [9.17, 15) is 0 Å². The third-order valence-corrected chi connectivity index (χ3v) is 21.7. The van der Waals surface area contributed by atoms with Crippen LogP contribution in [-0.4, -0.2) is 0 Å². The molecule has 2 aliphatic carbocycles. The van der Waals surface area contributed by atoms with Crippen molar-refractivity contribution >= 4 is 132 Å². The van der Waals surface area contributed by atoms with Crippen LogP contribution in [-0.2, 0) is 11.8 Å². The number of benzene rings is 15. The van der Waals surface area contributed by atoms with Gasteiger partial charge in [0.05, 0.1) is 16.8 Å². The van der Waals surface area contributed by atoms with Crippen LogP contribution in [0.2, 0.25) is 5.02 Å². The van der Waals surface area contributed by atoms with E-state index in [1.54, 1.807) is 0 Å². The van der Waals surface area contributed by atoms with E-state index >= 15 is 0 Å². The molecule has 20 rings (SSSR count). The number of hydrogen-bond donors (Lipinski definition) is 0. The molecule has 3 heterocycles. The molecule has 0 fully saturated rings. The lowest BCUT2D eigenvalue weighted by molar-refractivity contribution is 0.669. The molecule has 0 saturated heterocycles. The SMILES string of the molecule is Clc1ccc2c(c1)Cc1cc(N(c3ccc(-c4ccccc4)cc3)c3cc(-c4ccc5ccccc5c4)c4oc5ccccc5c4c3)ccc1C21c2ccccc2-c2c(N(c3cc(-c4ccccc4)c4c(c3)oc3ccccc34)c3ccc4sc5ccccc5c4c3)cccc21. The molecule has 96 heavy (non-hydrogen) atoms. The van der Waals surface area contributed by atoms with E-state index in [1.165, 1.54) is 81.0 Å². The van der Waals surface area contributed by atoms with Gasteiger partial charge in [-0.2, -0.15) is 0 Å². The monoisotopic (exact) mass is 1260 g/mol. The first-order chi connectivity index (χ1) is 47.5. The first-order valence-corrected chi connectivity index (χ1v) is 33.9. The smallest absolute Gasteiger partial charge is 0.143 e. The maximum atomic E-state index is 7.24. The predicted octanol–water partition coefficient (Wildman–Crippen LogP) is 25.9. The second-order valence-electron chi connectivity index (χ2n) is 25.5. The molecule has 1 spiro atoms. The van der Waals surface area contributed by atoms with Crippen molar-refractivity contribution in [3.63, 3.8) is 0 Å². The molecule has 450 valence electrons. The standard InChI is InChI=1S/C90H55ClN2O2S/c91-63-38-43-77-61(48-63)47-62-49-65(92(64-39-36-57(37-40-64)55-18-3-1-4-19-55)67-52-74(60-35-34-56-20-7-8-23-59(56)46-60)89-76(53-67)69-24-10-14-31-82(69)95-89)41-44-78(62)90(77)79-28-13-9-26-71(79)88-80(90)29-17-30-81(88)93(66-42-45-86-75(50-66)70-25-12-16-33-85(70)96-86)68-51-73(58-21-5-2-6-22-58)87-72-27-11-15-32-83(72)94-84(87)54-68/h1-46,48-54H,47H2. The van der Waals surface area contributed by atoms with Crippen LogP contribution in [0.5, 0.6) is 0 Å².